The first kappa shape index (κ1) is 22.4. The monoisotopic (exact) mass is 460 g/mol. The molecule has 0 bridgehead atoms. The Kier molecular flexibility index (Phi) is 7.68. The van der Waals surface area contributed by atoms with Gasteiger partial charge in [0.15, 0.2) is 15.8 Å². The fourth-order valence-corrected chi connectivity index (χ4v) is 4.10. The second-order valence-electron chi connectivity index (χ2n) is 5.93. The van der Waals surface area contributed by atoms with E-state index in [-0.39, 0.29) is 17.6 Å². The first-order valence-electron chi connectivity index (χ1n) is 8.96. The first-order valence-corrected chi connectivity index (χ1v) is 10.8. The van der Waals surface area contributed by atoms with E-state index >= 15 is 0 Å². The summed E-state index contributed by atoms with van der Waals surface area (Å²) in [7, 11) is 4.57. The molecule has 0 atom stereocenters. The third kappa shape index (κ3) is 5.86. The number of hydrogen-bond donors (Lipinski definition) is 2. The van der Waals surface area contributed by atoms with E-state index < -0.39 is 0 Å². The summed E-state index contributed by atoms with van der Waals surface area (Å²) in [5.74, 6) is 1.12. The van der Waals surface area contributed by atoms with Crippen LogP contribution in [0.5, 0.6) is 17.2 Å². The van der Waals surface area contributed by atoms with Crippen molar-refractivity contribution in [3.63, 3.8) is 0 Å². The van der Waals surface area contributed by atoms with E-state index in [1.165, 1.54) is 37.3 Å². The summed E-state index contributed by atoms with van der Waals surface area (Å²) in [6, 6.07) is 12.0. The Labute approximate surface area is 187 Å². The van der Waals surface area contributed by atoms with Crippen molar-refractivity contribution >= 4 is 45.7 Å². The summed E-state index contributed by atoms with van der Waals surface area (Å²) in [5.41, 5.74) is 0.981. The average molecular weight is 461 g/mol. The molecule has 1 aromatic heterocycles. The molecule has 0 aliphatic carbocycles. The van der Waals surface area contributed by atoms with Crippen molar-refractivity contribution in [2.45, 2.75) is 4.34 Å². The lowest BCUT2D eigenvalue weighted by Gasteiger charge is -2.10. The van der Waals surface area contributed by atoms with Crippen molar-refractivity contribution in [2.75, 3.05) is 37.7 Å². The second kappa shape index (κ2) is 10.6. The van der Waals surface area contributed by atoms with Gasteiger partial charge >= 0.3 is 0 Å². The maximum atomic E-state index is 12.4. The summed E-state index contributed by atoms with van der Waals surface area (Å²) < 4.78 is 16.2. The number of amides is 2. The summed E-state index contributed by atoms with van der Waals surface area (Å²) in [6.45, 7) is 0. The molecule has 1 heterocycles. The molecule has 2 aromatic carbocycles. The molecule has 0 saturated heterocycles. The summed E-state index contributed by atoms with van der Waals surface area (Å²) in [4.78, 5) is 24.7. The van der Waals surface area contributed by atoms with E-state index in [1.54, 1.807) is 49.6 Å². The molecule has 0 aliphatic rings. The Bertz CT molecular complexity index is 1070. The Morgan fingerprint density at radius 2 is 1.68 bits per heavy atom. The summed E-state index contributed by atoms with van der Waals surface area (Å²) in [6.07, 6.45) is 0. The molecule has 0 spiro atoms. The van der Waals surface area contributed by atoms with Gasteiger partial charge in [0, 0.05) is 11.8 Å². The van der Waals surface area contributed by atoms with Crippen molar-refractivity contribution in [1.29, 1.82) is 0 Å². The van der Waals surface area contributed by atoms with Gasteiger partial charge in [0.2, 0.25) is 11.0 Å². The third-order valence-corrected chi connectivity index (χ3v) is 5.94. The van der Waals surface area contributed by atoms with Crippen LogP contribution < -0.4 is 24.8 Å². The molecule has 3 aromatic rings. The zero-order valence-electron chi connectivity index (χ0n) is 17.0. The van der Waals surface area contributed by atoms with Crippen LogP contribution in [-0.4, -0.2) is 49.1 Å². The highest BCUT2D eigenvalue weighted by molar-refractivity contribution is 8.01. The van der Waals surface area contributed by atoms with Gasteiger partial charge in [-0.2, -0.15) is 0 Å². The van der Waals surface area contributed by atoms with E-state index in [0.717, 1.165) is 0 Å². The summed E-state index contributed by atoms with van der Waals surface area (Å²) >= 11 is 2.40. The lowest BCUT2D eigenvalue weighted by Crippen LogP contribution is -2.14. The highest BCUT2D eigenvalue weighted by Gasteiger charge is 2.15. The zero-order chi connectivity index (χ0) is 22.2. The Balaban J connectivity index is 1.54. The largest absolute Gasteiger partial charge is 0.496 e. The predicted molar refractivity (Wildman–Crippen MR) is 120 cm³/mol. The standard InChI is InChI=1S/C20H20N4O5S2/c1-27-14-7-5-4-6-13(14)18(26)22-19-23-24-20(31-19)30-11-17(25)21-12-8-9-15(28-2)16(10-12)29-3/h4-10H,11H2,1-3H3,(H,21,25)(H,22,23,26). The number of para-hydroxylation sites is 1. The van der Waals surface area contributed by atoms with Crippen LogP contribution in [0.4, 0.5) is 10.8 Å². The van der Waals surface area contributed by atoms with Gasteiger partial charge in [-0.3, -0.25) is 14.9 Å². The van der Waals surface area contributed by atoms with Crippen LogP contribution in [0.2, 0.25) is 0 Å². The van der Waals surface area contributed by atoms with Gasteiger partial charge < -0.3 is 19.5 Å². The molecule has 11 heteroatoms. The maximum absolute atomic E-state index is 12.4. The van der Waals surface area contributed by atoms with Crippen molar-refractivity contribution in [3.05, 3.63) is 48.0 Å². The normalized spacial score (nSPS) is 10.3. The highest BCUT2D eigenvalue weighted by Crippen LogP contribution is 2.30. The van der Waals surface area contributed by atoms with Crippen LogP contribution >= 0.6 is 23.1 Å². The molecule has 31 heavy (non-hydrogen) atoms. The smallest absolute Gasteiger partial charge is 0.261 e. The minimum absolute atomic E-state index is 0.128. The van der Waals surface area contributed by atoms with E-state index in [2.05, 4.69) is 20.8 Å². The lowest BCUT2D eigenvalue weighted by molar-refractivity contribution is -0.113. The fraction of sp³-hybridized carbons (Fsp3) is 0.200. The Morgan fingerprint density at radius 1 is 0.935 bits per heavy atom. The molecular formula is C20H20N4O5S2. The SMILES string of the molecule is COc1ccc(NC(=O)CSc2nnc(NC(=O)c3ccccc3OC)s2)cc1OC. The minimum atomic E-state index is -0.351. The number of anilines is 2. The van der Waals surface area contributed by atoms with Gasteiger partial charge in [-0.15, -0.1) is 10.2 Å². The number of thioether (sulfide) groups is 1. The number of methoxy groups -OCH3 is 3. The van der Waals surface area contributed by atoms with E-state index in [0.29, 0.717) is 38.0 Å². The molecule has 0 unspecified atom stereocenters. The number of nitrogens with one attached hydrogen (secondary N) is 2. The first-order chi connectivity index (χ1) is 15.0. The van der Waals surface area contributed by atoms with Crippen LogP contribution in [0, 0.1) is 0 Å². The molecule has 0 radical (unpaired) electrons. The van der Waals surface area contributed by atoms with Crippen LogP contribution in [0.25, 0.3) is 0 Å². The van der Waals surface area contributed by atoms with E-state index in [1.807, 2.05) is 0 Å². The van der Waals surface area contributed by atoms with Crippen molar-refractivity contribution in [2.24, 2.45) is 0 Å². The third-order valence-electron chi connectivity index (χ3n) is 3.97. The molecule has 2 amide bonds. The summed E-state index contributed by atoms with van der Waals surface area (Å²) in [5, 5.41) is 13.8. The average Bonchev–Trinajstić information content (AvgIpc) is 3.24. The molecular weight excluding hydrogens is 440 g/mol. The van der Waals surface area contributed by atoms with Gasteiger partial charge in [0.1, 0.15) is 5.75 Å². The number of aromatic nitrogens is 2. The van der Waals surface area contributed by atoms with E-state index in [4.69, 9.17) is 14.2 Å². The van der Waals surface area contributed by atoms with Crippen LogP contribution in [0.15, 0.2) is 46.8 Å². The van der Waals surface area contributed by atoms with Crippen molar-refractivity contribution in [3.8, 4) is 17.2 Å². The Morgan fingerprint density at radius 3 is 2.42 bits per heavy atom. The maximum Gasteiger partial charge on any atom is 0.261 e. The molecule has 0 fully saturated rings. The quantitative estimate of drug-likeness (QED) is 0.368. The van der Waals surface area contributed by atoms with Gasteiger partial charge in [-0.1, -0.05) is 35.2 Å². The Hall–Kier alpha value is -3.31. The fourth-order valence-electron chi connectivity index (χ4n) is 2.55. The predicted octanol–water partition coefficient (Wildman–Crippen LogP) is 3.55. The minimum Gasteiger partial charge on any atom is -0.496 e. The van der Waals surface area contributed by atoms with Gasteiger partial charge in [0.05, 0.1) is 32.6 Å². The number of carbonyl (C=O) groups excluding carboxylic acids is 2. The number of nitrogens with zero attached hydrogens (tertiary/aromatic N) is 2. The molecule has 162 valence electrons. The topological polar surface area (TPSA) is 112 Å². The highest BCUT2D eigenvalue weighted by atomic mass is 32.2. The number of benzene rings is 2. The van der Waals surface area contributed by atoms with Crippen molar-refractivity contribution < 1.29 is 23.8 Å². The van der Waals surface area contributed by atoms with Crippen molar-refractivity contribution in [1.82, 2.24) is 10.2 Å². The number of hydrogen-bond acceptors (Lipinski definition) is 9. The molecule has 0 aliphatic heterocycles. The molecule has 3 rings (SSSR count). The van der Waals surface area contributed by atoms with Gasteiger partial charge in [-0.05, 0) is 24.3 Å². The lowest BCUT2D eigenvalue weighted by atomic mass is 10.2. The van der Waals surface area contributed by atoms with Gasteiger partial charge in [-0.25, -0.2) is 0 Å². The van der Waals surface area contributed by atoms with Crippen LogP contribution in [0.3, 0.4) is 0 Å². The molecule has 0 saturated carbocycles. The number of rotatable bonds is 9. The number of ether oxygens (including phenoxy) is 3. The van der Waals surface area contributed by atoms with Crippen LogP contribution in [0.1, 0.15) is 10.4 Å². The molecule has 2 N–H and O–H groups in total. The van der Waals surface area contributed by atoms with E-state index in [9.17, 15) is 9.59 Å². The van der Waals surface area contributed by atoms with Crippen LogP contribution in [-0.2, 0) is 4.79 Å². The zero-order valence-corrected chi connectivity index (χ0v) is 18.6. The second-order valence-corrected chi connectivity index (χ2v) is 8.13. The number of carbonyl (C=O) groups is 2. The molecule has 9 nitrogen and oxygen atoms in total. The van der Waals surface area contributed by atoms with Gasteiger partial charge in [0.25, 0.3) is 5.91 Å².